The Morgan fingerprint density at radius 2 is 1.55 bits per heavy atom. The van der Waals surface area contributed by atoms with E-state index in [2.05, 4.69) is 10.6 Å². The largest absolute Gasteiger partial charge is 0.459 e. The number of amides is 3. The van der Waals surface area contributed by atoms with Crippen molar-refractivity contribution in [2.75, 3.05) is 15.5 Å². The summed E-state index contributed by atoms with van der Waals surface area (Å²) in [4.78, 5) is 51.7. The van der Waals surface area contributed by atoms with Gasteiger partial charge in [0.2, 0.25) is 0 Å². The molecule has 0 fully saturated rings. The SMILES string of the molecule is CC(C)OC(=O)c1ccc(N2C(=O)C(Cl)=C(Nc3cccc(C(=O)Nc4cccc(Cl)c4Cl)c3)C2=O)cc1. The molecule has 3 aromatic carbocycles. The Bertz CT molecular complexity index is 1490. The molecule has 4 rings (SSSR count). The first-order chi connectivity index (χ1) is 18.1. The first-order valence-electron chi connectivity index (χ1n) is 11.3. The van der Waals surface area contributed by atoms with Crippen LogP contribution in [0.25, 0.3) is 0 Å². The lowest BCUT2D eigenvalue weighted by Gasteiger charge is -2.16. The summed E-state index contributed by atoms with van der Waals surface area (Å²) in [6.45, 7) is 3.46. The minimum Gasteiger partial charge on any atom is -0.459 e. The molecule has 0 saturated heterocycles. The fourth-order valence-corrected chi connectivity index (χ4v) is 4.11. The van der Waals surface area contributed by atoms with Gasteiger partial charge < -0.3 is 15.4 Å². The van der Waals surface area contributed by atoms with E-state index in [0.29, 0.717) is 16.4 Å². The molecule has 0 atom stereocenters. The summed E-state index contributed by atoms with van der Waals surface area (Å²) in [5.41, 5.74) is 1.27. The third-order valence-corrected chi connectivity index (χ3v) is 6.49. The number of ether oxygens (including phenoxy) is 1. The molecule has 11 heteroatoms. The van der Waals surface area contributed by atoms with E-state index in [4.69, 9.17) is 39.5 Å². The maximum absolute atomic E-state index is 13.1. The second-order valence-electron chi connectivity index (χ2n) is 8.40. The van der Waals surface area contributed by atoms with Crippen LogP contribution >= 0.6 is 34.8 Å². The predicted octanol–water partition coefficient (Wildman–Crippen LogP) is 6.25. The third-order valence-electron chi connectivity index (χ3n) is 5.33. The first kappa shape index (κ1) is 27.2. The number of nitrogens with one attached hydrogen (secondary N) is 2. The Kier molecular flexibility index (Phi) is 8.06. The van der Waals surface area contributed by atoms with Crippen molar-refractivity contribution in [2.45, 2.75) is 20.0 Å². The van der Waals surface area contributed by atoms with E-state index in [1.165, 1.54) is 30.3 Å². The summed E-state index contributed by atoms with van der Waals surface area (Å²) in [6.07, 6.45) is -0.292. The summed E-state index contributed by atoms with van der Waals surface area (Å²) >= 11 is 18.4. The van der Waals surface area contributed by atoms with Gasteiger partial charge in [-0.2, -0.15) is 0 Å². The normalized spacial score (nSPS) is 13.3. The Hall–Kier alpha value is -3.85. The number of rotatable bonds is 7. The summed E-state index contributed by atoms with van der Waals surface area (Å²) < 4.78 is 5.15. The molecule has 8 nitrogen and oxygen atoms in total. The molecule has 1 aliphatic heterocycles. The molecule has 194 valence electrons. The number of benzene rings is 3. The first-order valence-corrected chi connectivity index (χ1v) is 12.4. The lowest BCUT2D eigenvalue weighted by atomic mass is 10.1. The molecule has 0 saturated carbocycles. The zero-order valence-electron chi connectivity index (χ0n) is 20.1. The molecule has 0 bridgehead atoms. The van der Waals surface area contributed by atoms with Gasteiger partial charge in [-0.05, 0) is 68.4 Å². The number of hydrogen-bond donors (Lipinski definition) is 2. The second-order valence-corrected chi connectivity index (χ2v) is 9.56. The van der Waals surface area contributed by atoms with Crippen LogP contribution in [-0.4, -0.2) is 29.8 Å². The highest BCUT2D eigenvalue weighted by Crippen LogP contribution is 2.32. The fraction of sp³-hybridized carbons (Fsp3) is 0.111. The van der Waals surface area contributed by atoms with Crippen molar-refractivity contribution in [2.24, 2.45) is 0 Å². The van der Waals surface area contributed by atoms with E-state index in [0.717, 1.165) is 4.90 Å². The number of halogens is 3. The van der Waals surface area contributed by atoms with Crippen LogP contribution in [0.5, 0.6) is 0 Å². The summed E-state index contributed by atoms with van der Waals surface area (Å²) in [5.74, 6) is -2.42. The standard InChI is InChI=1S/C27H20Cl3N3O5/c1-14(2)38-27(37)15-9-11-18(12-10-15)33-25(35)22(30)23(26(33)36)31-17-6-3-5-16(13-17)24(34)32-20-8-4-7-19(28)21(20)29/h3-14,31H,1-2H3,(H,32,34). The van der Waals surface area contributed by atoms with Crippen LogP contribution in [0.3, 0.4) is 0 Å². The van der Waals surface area contributed by atoms with E-state index in [9.17, 15) is 19.2 Å². The van der Waals surface area contributed by atoms with Crippen LogP contribution in [0.15, 0.2) is 77.5 Å². The van der Waals surface area contributed by atoms with Crippen LogP contribution in [0, 0.1) is 0 Å². The van der Waals surface area contributed by atoms with E-state index in [1.807, 2.05) is 0 Å². The van der Waals surface area contributed by atoms with Crippen LogP contribution in [0.4, 0.5) is 17.1 Å². The lowest BCUT2D eigenvalue weighted by Crippen LogP contribution is -2.32. The molecule has 1 aliphatic rings. The fourth-order valence-electron chi connectivity index (χ4n) is 3.55. The van der Waals surface area contributed by atoms with Gasteiger partial charge in [0.15, 0.2) is 0 Å². The number of imide groups is 1. The zero-order chi connectivity index (χ0) is 27.6. The monoisotopic (exact) mass is 571 g/mol. The number of esters is 1. The van der Waals surface area contributed by atoms with Gasteiger partial charge in [0, 0.05) is 11.3 Å². The van der Waals surface area contributed by atoms with Gasteiger partial charge in [-0.1, -0.05) is 46.9 Å². The Morgan fingerprint density at radius 3 is 2.24 bits per heavy atom. The molecular weight excluding hydrogens is 553 g/mol. The maximum atomic E-state index is 13.1. The van der Waals surface area contributed by atoms with Crippen LogP contribution < -0.4 is 15.5 Å². The summed E-state index contributed by atoms with van der Waals surface area (Å²) in [5, 5.41) is 5.69. The minimum absolute atomic E-state index is 0.157. The van der Waals surface area contributed by atoms with Gasteiger partial charge in [-0.3, -0.25) is 14.4 Å². The van der Waals surface area contributed by atoms with Crippen molar-refractivity contribution in [1.29, 1.82) is 0 Å². The van der Waals surface area contributed by atoms with Gasteiger partial charge in [0.25, 0.3) is 17.7 Å². The second kappa shape index (κ2) is 11.3. The number of carbonyl (C=O) groups excluding carboxylic acids is 4. The van der Waals surface area contributed by atoms with E-state index in [-0.39, 0.29) is 38.7 Å². The molecule has 2 N–H and O–H groups in total. The minimum atomic E-state index is -0.735. The highest BCUT2D eigenvalue weighted by atomic mass is 35.5. The maximum Gasteiger partial charge on any atom is 0.338 e. The highest BCUT2D eigenvalue weighted by molar-refractivity contribution is 6.53. The van der Waals surface area contributed by atoms with Crippen molar-refractivity contribution in [1.82, 2.24) is 0 Å². The lowest BCUT2D eigenvalue weighted by molar-refractivity contribution is -0.120. The van der Waals surface area contributed by atoms with Gasteiger partial charge >= 0.3 is 5.97 Å². The van der Waals surface area contributed by atoms with Crippen LogP contribution in [0.1, 0.15) is 34.6 Å². The van der Waals surface area contributed by atoms with Gasteiger partial charge in [0.1, 0.15) is 10.7 Å². The number of anilines is 3. The quantitative estimate of drug-likeness (QED) is 0.256. The van der Waals surface area contributed by atoms with Crippen molar-refractivity contribution < 1.29 is 23.9 Å². The van der Waals surface area contributed by atoms with E-state index < -0.39 is 23.7 Å². The average Bonchev–Trinajstić information content (AvgIpc) is 3.09. The van der Waals surface area contributed by atoms with Crippen molar-refractivity contribution in [3.05, 3.63) is 98.6 Å². The topological polar surface area (TPSA) is 105 Å². The summed E-state index contributed by atoms with van der Waals surface area (Å²) in [7, 11) is 0. The van der Waals surface area contributed by atoms with Gasteiger partial charge in [-0.15, -0.1) is 0 Å². The molecule has 38 heavy (non-hydrogen) atoms. The molecule has 3 amide bonds. The van der Waals surface area contributed by atoms with Gasteiger partial charge in [0.05, 0.1) is 33.1 Å². The number of hydrogen-bond acceptors (Lipinski definition) is 6. The average molecular weight is 573 g/mol. The molecule has 0 aliphatic carbocycles. The van der Waals surface area contributed by atoms with Crippen molar-refractivity contribution in [3.63, 3.8) is 0 Å². The highest BCUT2D eigenvalue weighted by Gasteiger charge is 2.39. The number of nitrogens with zero attached hydrogens (tertiary/aromatic N) is 1. The Morgan fingerprint density at radius 1 is 0.868 bits per heavy atom. The van der Waals surface area contributed by atoms with E-state index >= 15 is 0 Å². The number of carbonyl (C=O) groups is 4. The van der Waals surface area contributed by atoms with Crippen LogP contribution in [0.2, 0.25) is 10.0 Å². The smallest absolute Gasteiger partial charge is 0.338 e. The molecule has 3 aromatic rings. The third kappa shape index (κ3) is 5.67. The Labute approximate surface area is 233 Å². The van der Waals surface area contributed by atoms with Crippen molar-refractivity contribution in [3.8, 4) is 0 Å². The predicted molar refractivity (Wildman–Crippen MR) is 147 cm³/mol. The zero-order valence-corrected chi connectivity index (χ0v) is 22.3. The van der Waals surface area contributed by atoms with Crippen LogP contribution in [-0.2, 0) is 14.3 Å². The molecule has 1 heterocycles. The molecule has 0 radical (unpaired) electrons. The van der Waals surface area contributed by atoms with Gasteiger partial charge in [-0.25, -0.2) is 9.69 Å². The molecule has 0 aromatic heterocycles. The van der Waals surface area contributed by atoms with Crippen molar-refractivity contribution >= 4 is 75.6 Å². The molecule has 0 unspecified atom stereocenters. The summed E-state index contributed by atoms with van der Waals surface area (Å²) in [6, 6.07) is 16.9. The molecule has 0 spiro atoms. The Balaban J connectivity index is 1.50. The van der Waals surface area contributed by atoms with E-state index in [1.54, 1.807) is 50.2 Å². The molecular formula is C27H20Cl3N3O5.